The number of hydrogen-bond donors (Lipinski definition) is 1. The van der Waals surface area contributed by atoms with E-state index in [1.807, 2.05) is 24.3 Å². The smallest absolute Gasteiger partial charge is 0.196 e. The van der Waals surface area contributed by atoms with E-state index in [0.717, 1.165) is 15.1 Å². The van der Waals surface area contributed by atoms with Crippen molar-refractivity contribution >= 4 is 37.2 Å². The Morgan fingerprint density at radius 3 is 2.78 bits per heavy atom. The fourth-order valence-corrected chi connectivity index (χ4v) is 3.17. The molecule has 0 atom stereocenters. The third-order valence-corrected chi connectivity index (χ3v) is 4.10. The van der Waals surface area contributed by atoms with Crippen molar-refractivity contribution in [2.75, 3.05) is 12.8 Å². The number of nitrogens with two attached hydrogens (primary N) is 1. The standard InChI is InChI=1S/C14H11NO2S/c1-17-11-4-2-3-9-13(16)10-7-8(15)5-6-12(10)18-14(9)11/h2-7H,15H2,1H3. The fourth-order valence-electron chi connectivity index (χ4n) is 2.03. The van der Waals surface area contributed by atoms with E-state index in [2.05, 4.69) is 0 Å². The number of nitrogen functional groups attached to an aromatic ring is 1. The highest BCUT2D eigenvalue weighted by molar-refractivity contribution is 7.24. The minimum atomic E-state index is 0.00458. The Morgan fingerprint density at radius 1 is 1.17 bits per heavy atom. The highest BCUT2D eigenvalue weighted by Gasteiger charge is 2.09. The summed E-state index contributed by atoms with van der Waals surface area (Å²) in [6, 6.07) is 10.9. The van der Waals surface area contributed by atoms with Gasteiger partial charge >= 0.3 is 0 Å². The van der Waals surface area contributed by atoms with Crippen LogP contribution >= 0.6 is 11.3 Å². The van der Waals surface area contributed by atoms with Crippen molar-refractivity contribution in [2.45, 2.75) is 0 Å². The Bertz CT molecular complexity index is 808. The number of ether oxygens (including phenoxy) is 1. The lowest BCUT2D eigenvalue weighted by Gasteiger charge is -2.06. The SMILES string of the molecule is COc1cccc2c(=O)c3cc(N)ccc3sc12. The van der Waals surface area contributed by atoms with Crippen molar-refractivity contribution < 1.29 is 4.74 Å². The average Bonchev–Trinajstić information content (AvgIpc) is 2.39. The maximum Gasteiger partial charge on any atom is 0.196 e. The van der Waals surface area contributed by atoms with Crippen molar-refractivity contribution in [1.29, 1.82) is 0 Å². The molecular formula is C14H11NO2S. The number of fused-ring (bicyclic) bond motifs is 2. The first kappa shape index (κ1) is 11.0. The van der Waals surface area contributed by atoms with Crippen LogP contribution in [0.15, 0.2) is 41.2 Å². The fraction of sp³-hybridized carbons (Fsp3) is 0.0714. The molecule has 1 heterocycles. The molecule has 0 spiro atoms. The van der Waals surface area contributed by atoms with Crippen LogP contribution in [-0.4, -0.2) is 7.11 Å². The van der Waals surface area contributed by atoms with Crippen LogP contribution in [0.2, 0.25) is 0 Å². The molecule has 1 aromatic heterocycles. The lowest BCUT2D eigenvalue weighted by molar-refractivity contribution is 0.420. The zero-order chi connectivity index (χ0) is 12.7. The van der Waals surface area contributed by atoms with Crippen LogP contribution in [-0.2, 0) is 0 Å². The van der Waals surface area contributed by atoms with E-state index in [0.29, 0.717) is 16.5 Å². The van der Waals surface area contributed by atoms with Crippen LogP contribution in [0.25, 0.3) is 20.2 Å². The van der Waals surface area contributed by atoms with Gasteiger partial charge in [0.1, 0.15) is 5.75 Å². The summed E-state index contributed by atoms with van der Waals surface area (Å²) >= 11 is 1.54. The topological polar surface area (TPSA) is 52.3 Å². The van der Waals surface area contributed by atoms with E-state index in [4.69, 9.17) is 10.5 Å². The zero-order valence-corrected chi connectivity index (χ0v) is 10.6. The van der Waals surface area contributed by atoms with Crippen LogP contribution < -0.4 is 15.9 Å². The maximum atomic E-state index is 12.4. The van der Waals surface area contributed by atoms with Gasteiger partial charge in [-0.1, -0.05) is 6.07 Å². The van der Waals surface area contributed by atoms with E-state index in [-0.39, 0.29) is 5.43 Å². The number of benzene rings is 2. The molecule has 0 saturated heterocycles. The van der Waals surface area contributed by atoms with Crippen LogP contribution in [0.1, 0.15) is 0 Å². The van der Waals surface area contributed by atoms with Crippen molar-refractivity contribution in [3.63, 3.8) is 0 Å². The van der Waals surface area contributed by atoms with Gasteiger partial charge in [-0.05, 0) is 30.3 Å². The number of methoxy groups -OCH3 is 1. The first-order valence-corrected chi connectivity index (χ1v) is 6.31. The molecule has 0 radical (unpaired) electrons. The Hall–Kier alpha value is -2.07. The summed E-state index contributed by atoms with van der Waals surface area (Å²) in [4.78, 5) is 12.4. The Kier molecular flexibility index (Phi) is 2.45. The molecule has 4 heteroatoms. The van der Waals surface area contributed by atoms with Crippen molar-refractivity contribution in [2.24, 2.45) is 0 Å². The summed E-state index contributed by atoms with van der Waals surface area (Å²) < 4.78 is 7.10. The quantitative estimate of drug-likeness (QED) is 0.538. The van der Waals surface area contributed by atoms with Crippen molar-refractivity contribution in [1.82, 2.24) is 0 Å². The molecule has 0 aliphatic heterocycles. The lowest BCUT2D eigenvalue weighted by atomic mass is 10.1. The summed E-state index contributed by atoms with van der Waals surface area (Å²) in [7, 11) is 1.61. The van der Waals surface area contributed by atoms with Crippen molar-refractivity contribution in [3.8, 4) is 5.75 Å². The largest absolute Gasteiger partial charge is 0.495 e. The van der Waals surface area contributed by atoms with Crippen LogP contribution in [0.4, 0.5) is 5.69 Å². The first-order chi connectivity index (χ1) is 8.70. The van der Waals surface area contributed by atoms with E-state index < -0.39 is 0 Å². The summed E-state index contributed by atoms with van der Waals surface area (Å²) in [6.07, 6.45) is 0. The molecule has 3 nitrogen and oxygen atoms in total. The summed E-state index contributed by atoms with van der Waals surface area (Å²) in [5.74, 6) is 0.730. The summed E-state index contributed by atoms with van der Waals surface area (Å²) in [5.41, 5.74) is 6.34. The molecule has 90 valence electrons. The highest BCUT2D eigenvalue weighted by Crippen LogP contribution is 2.32. The van der Waals surface area contributed by atoms with Gasteiger partial charge in [-0.15, -0.1) is 11.3 Å². The van der Waals surface area contributed by atoms with Crippen LogP contribution in [0.3, 0.4) is 0 Å². The molecule has 0 bridgehead atoms. The van der Waals surface area contributed by atoms with E-state index in [1.54, 1.807) is 30.6 Å². The molecule has 3 rings (SSSR count). The van der Waals surface area contributed by atoms with Crippen molar-refractivity contribution in [3.05, 3.63) is 46.6 Å². The Balaban J connectivity index is 2.56. The van der Waals surface area contributed by atoms with E-state index >= 15 is 0 Å². The molecule has 3 aromatic rings. The summed E-state index contributed by atoms with van der Waals surface area (Å²) in [6.45, 7) is 0. The van der Waals surface area contributed by atoms with Gasteiger partial charge in [-0.2, -0.15) is 0 Å². The van der Waals surface area contributed by atoms with Gasteiger partial charge in [0.25, 0.3) is 0 Å². The third kappa shape index (κ3) is 1.54. The lowest BCUT2D eigenvalue weighted by Crippen LogP contribution is -2.02. The van der Waals surface area contributed by atoms with Crippen LogP contribution in [0.5, 0.6) is 5.75 Å². The van der Waals surface area contributed by atoms with E-state index in [9.17, 15) is 4.79 Å². The van der Waals surface area contributed by atoms with Gasteiger partial charge < -0.3 is 10.5 Å². The minimum absolute atomic E-state index is 0.00458. The minimum Gasteiger partial charge on any atom is -0.495 e. The number of rotatable bonds is 1. The predicted molar refractivity (Wildman–Crippen MR) is 76.6 cm³/mol. The molecule has 0 saturated carbocycles. The molecule has 2 N–H and O–H groups in total. The molecule has 0 aliphatic carbocycles. The van der Waals surface area contributed by atoms with Crippen LogP contribution in [0, 0.1) is 0 Å². The molecule has 18 heavy (non-hydrogen) atoms. The maximum absolute atomic E-state index is 12.4. The molecule has 0 unspecified atom stereocenters. The van der Waals surface area contributed by atoms with E-state index in [1.165, 1.54) is 0 Å². The normalized spacial score (nSPS) is 10.9. The monoisotopic (exact) mass is 257 g/mol. The average molecular weight is 257 g/mol. The summed E-state index contributed by atoms with van der Waals surface area (Å²) in [5, 5.41) is 1.35. The highest BCUT2D eigenvalue weighted by atomic mass is 32.1. The Labute approximate surface area is 107 Å². The molecule has 0 fully saturated rings. The first-order valence-electron chi connectivity index (χ1n) is 5.50. The van der Waals surface area contributed by atoms with Gasteiger partial charge in [0.2, 0.25) is 0 Å². The molecule has 2 aromatic carbocycles. The molecule has 0 amide bonds. The second-order valence-electron chi connectivity index (χ2n) is 4.02. The molecule has 0 aliphatic rings. The van der Waals surface area contributed by atoms with Gasteiger partial charge in [-0.3, -0.25) is 4.79 Å². The Morgan fingerprint density at radius 2 is 2.00 bits per heavy atom. The van der Waals surface area contributed by atoms with Gasteiger partial charge in [0, 0.05) is 21.2 Å². The number of anilines is 1. The second-order valence-corrected chi connectivity index (χ2v) is 5.08. The second kappa shape index (κ2) is 3.99. The van der Waals surface area contributed by atoms with Gasteiger partial charge in [-0.25, -0.2) is 0 Å². The predicted octanol–water partition coefficient (Wildman–Crippen LogP) is 3.01. The van der Waals surface area contributed by atoms with Gasteiger partial charge in [0.05, 0.1) is 11.8 Å². The third-order valence-electron chi connectivity index (χ3n) is 2.90. The molecular weight excluding hydrogens is 246 g/mol. The van der Waals surface area contributed by atoms with Gasteiger partial charge in [0.15, 0.2) is 5.43 Å². The number of hydrogen-bond acceptors (Lipinski definition) is 4. The zero-order valence-electron chi connectivity index (χ0n) is 9.77.